The molecule has 0 atom stereocenters. The molecule has 0 aromatic carbocycles. The van der Waals surface area contributed by atoms with Crippen LogP contribution < -0.4 is 4.90 Å². The molecule has 0 unspecified atom stereocenters. The summed E-state index contributed by atoms with van der Waals surface area (Å²) in [4.78, 5) is 22.6. The zero-order chi connectivity index (χ0) is 14.9. The molecule has 0 saturated heterocycles. The lowest BCUT2D eigenvalue weighted by Gasteiger charge is -2.27. The summed E-state index contributed by atoms with van der Waals surface area (Å²) in [5.41, 5.74) is 0.677. The molecular formula is C13H17N3O3S. The lowest BCUT2D eigenvalue weighted by molar-refractivity contribution is 0.0701. The minimum atomic E-state index is -0.949. The number of fused-ring (bicyclic) bond motifs is 1. The zero-order valence-corrected chi connectivity index (χ0v) is 12.4. The Morgan fingerprint density at radius 3 is 2.70 bits per heavy atom. The molecule has 2 N–H and O–H groups in total. The minimum Gasteiger partial charge on any atom is -0.477 e. The number of hydrogen-bond donors (Lipinski definition) is 2. The fourth-order valence-corrected chi connectivity index (χ4v) is 3.17. The van der Waals surface area contributed by atoms with Crippen molar-refractivity contribution in [3.8, 4) is 0 Å². The fraction of sp³-hybridized carbons (Fsp3) is 0.462. The van der Waals surface area contributed by atoms with E-state index in [0.717, 1.165) is 16.7 Å². The smallest absolute Gasteiger partial charge is 0.346 e. The van der Waals surface area contributed by atoms with Crippen LogP contribution in [-0.4, -0.2) is 45.3 Å². The van der Waals surface area contributed by atoms with Gasteiger partial charge in [-0.1, -0.05) is 0 Å². The highest BCUT2D eigenvalue weighted by Gasteiger charge is 2.22. The number of carboxylic acid groups (broad SMARTS) is 1. The lowest BCUT2D eigenvalue weighted by atomic mass is 10.2. The van der Waals surface area contributed by atoms with Gasteiger partial charge >= 0.3 is 5.97 Å². The third-order valence-corrected chi connectivity index (χ3v) is 4.33. The van der Waals surface area contributed by atoms with Crippen LogP contribution in [0.3, 0.4) is 0 Å². The molecule has 0 bridgehead atoms. The summed E-state index contributed by atoms with van der Waals surface area (Å²) in [7, 11) is 0. The molecule has 2 heterocycles. The van der Waals surface area contributed by atoms with Crippen LogP contribution in [-0.2, 0) is 0 Å². The van der Waals surface area contributed by atoms with E-state index in [1.54, 1.807) is 6.92 Å². The molecule has 0 aliphatic rings. The van der Waals surface area contributed by atoms with Gasteiger partial charge < -0.3 is 15.1 Å². The van der Waals surface area contributed by atoms with Crippen molar-refractivity contribution in [3.63, 3.8) is 0 Å². The molecule has 6 nitrogen and oxygen atoms in total. The number of aromatic nitrogens is 2. The molecular weight excluding hydrogens is 278 g/mol. The lowest BCUT2D eigenvalue weighted by Crippen LogP contribution is -2.34. The maximum absolute atomic E-state index is 11.2. The number of carboxylic acids is 1. The van der Waals surface area contributed by atoms with Gasteiger partial charge in [0, 0.05) is 12.6 Å². The van der Waals surface area contributed by atoms with Crippen LogP contribution >= 0.6 is 11.3 Å². The molecule has 0 aliphatic carbocycles. The Labute approximate surface area is 120 Å². The van der Waals surface area contributed by atoms with Crippen molar-refractivity contribution >= 4 is 33.3 Å². The van der Waals surface area contributed by atoms with E-state index in [4.69, 9.17) is 0 Å². The predicted molar refractivity (Wildman–Crippen MR) is 78.7 cm³/mol. The summed E-state index contributed by atoms with van der Waals surface area (Å²) >= 11 is 1.15. The SMILES string of the molecule is Cc1c(C(=O)O)sc2ncnc(N(CCO)C(C)C)c12. The summed E-state index contributed by atoms with van der Waals surface area (Å²) < 4.78 is 0. The number of hydrogen-bond acceptors (Lipinski definition) is 6. The summed E-state index contributed by atoms with van der Waals surface area (Å²) in [5.74, 6) is -0.269. The second-order valence-electron chi connectivity index (χ2n) is 4.75. The molecule has 2 aromatic rings. The summed E-state index contributed by atoms with van der Waals surface area (Å²) in [5, 5.41) is 19.2. The van der Waals surface area contributed by atoms with E-state index in [2.05, 4.69) is 9.97 Å². The molecule has 2 rings (SSSR count). The number of carbonyl (C=O) groups is 1. The highest BCUT2D eigenvalue weighted by atomic mass is 32.1. The van der Waals surface area contributed by atoms with Gasteiger partial charge in [-0.15, -0.1) is 11.3 Å². The first-order valence-corrected chi connectivity index (χ1v) is 7.14. The van der Waals surface area contributed by atoms with Crippen LogP contribution in [0, 0.1) is 6.92 Å². The number of aliphatic hydroxyl groups is 1. The van der Waals surface area contributed by atoms with Gasteiger partial charge in [0.05, 0.1) is 12.0 Å². The Balaban J connectivity index is 2.67. The summed E-state index contributed by atoms with van der Waals surface area (Å²) in [6, 6.07) is 0.146. The van der Waals surface area contributed by atoms with E-state index in [9.17, 15) is 15.0 Å². The number of rotatable bonds is 5. The van der Waals surface area contributed by atoms with Gasteiger partial charge in [-0.2, -0.15) is 0 Å². The monoisotopic (exact) mass is 295 g/mol. The Bertz CT molecular complexity index is 639. The summed E-state index contributed by atoms with van der Waals surface area (Å²) in [6.45, 7) is 6.24. The van der Waals surface area contributed by atoms with Crippen molar-refractivity contribution in [1.82, 2.24) is 9.97 Å². The average Bonchev–Trinajstić information content (AvgIpc) is 2.73. The predicted octanol–water partition coefficient (Wildman–Crippen LogP) is 1.91. The second kappa shape index (κ2) is 5.72. The molecule has 0 fully saturated rings. The van der Waals surface area contributed by atoms with Gasteiger partial charge in [0.15, 0.2) is 0 Å². The number of thiophene rings is 1. The van der Waals surface area contributed by atoms with E-state index in [0.29, 0.717) is 22.8 Å². The number of anilines is 1. The number of aryl methyl sites for hydroxylation is 1. The number of nitrogens with zero attached hydrogens (tertiary/aromatic N) is 3. The number of aliphatic hydroxyl groups excluding tert-OH is 1. The van der Waals surface area contributed by atoms with E-state index >= 15 is 0 Å². The molecule has 2 aromatic heterocycles. The largest absolute Gasteiger partial charge is 0.477 e. The Kier molecular flexibility index (Phi) is 4.20. The number of aromatic carboxylic acids is 1. The molecule has 20 heavy (non-hydrogen) atoms. The molecule has 0 aliphatic heterocycles. The van der Waals surface area contributed by atoms with Crippen LogP contribution in [0.1, 0.15) is 29.1 Å². The van der Waals surface area contributed by atoms with Gasteiger partial charge in [-0.3, -0.25) is 0 Å². The molecule has 0 radical (unpaired) electrons. The average molecular weight is 295 g/mol. The van der Waals surface area contributed by atoms with Crippen molar-refractivity contribution in [3.05, 3.63) is 16.8 Å². The first-order valence-electron chi connectivity index (χ1n) is 6.32. The Morgan fingerprint density at radius 1 is 1.45 bits per heavy atom. The maximum atomic E-state index is 11.2. The second-order valence-corrected chi connectivity index (χ2v) is 5.75. The van der Waals surface area contributed by atoms with Crippen molar-refractivity contribution < 1.29 is 15.0 Å². The van der Waals surface area contributed by atoms with Crippen LogP contribution in [0.4, 0.5) is 5.82 Å². The van der Waals surface area contributed by atoms with Gasteiger partial charge in [0.25, 0.3) is 0 Å². The Morgan fingerprint density at radius 2 is 2.15 bits per heavy atom. The van der Waals surface area contributed by atoms with Crippen LogP contribution in [0.25, 0.3) is 10.2 Å². The molecule has 7 heteroatoms. The summed E-state index contributed by atoms with van der Waals surface area (Å²) in [6.07, 6.45) is 1.44. The minimum absolute atomic E-state index is 0.0125. The van der Waals surface area contributed by atoms with Crippen molar-refractivity contribution in [1.29, 1.82) is 0 Å². The van der Waals surface area contributed by atoms with Crippen LogP contribution in [0.5, 0.6) is 0 Å². The molecule has 0 amide bonds. The highest BCUT2D eigenvalue weighted by Crippen LogP contribution is 2.35. The van der Waals surface area contributed by atoms with E-state index in [1.165, 1.54) is 6.33 Å². The molecule has 0 saturated carbocycles. The van der Waals surface area contributed by atoms with Gasteiger partial charge in [-0.05, 0) is 26.3 Å². The van der Waals surface area contributed by atoms with Gasteiger partial charge in [0.1, 0.15) is 21.9 Å². The first-order chi connectivity index (χ1) is 9.47. The molecule has 0 spiro atoms. The third kappa shape index (κ3) is 2.46. The molecule has 108 valence electrons. The first kappa shape index (κ1) is 14.7. The van der Waals surface area contributed by atoms with Crippen molar-refractivity contribution in [2.75, 3.05) is 18.1 Å². The van der Waals surface area contributed by atoms with Gasteiger partial charge in [-0.25, -0.2) is 14.8 Å². The standard InChI is InChI=1S/C13H17N3O3S/c1-7(2)16(4-5-17)11-9-8(3)10(13(18)19)20-12(9)15-6-14-11/h6-7,17H,4-5H2,1-3H3,(H,18,19). The van der Waals surface area contributed by atoms with Crippen LogP contribution in [0.2, 0.25) is 0 Å². The topological polar surface area (TPSA) is 86.5 Å². The quantitative estimate of drug-likeness (QED) is 0.876. The van der Waals surface area contributed by atoms with Crippen LogP contribution in [0.15, 0.2) is 6.33 Å². The third-order valence-electron chi connectivity index (χ3n) is 3.14. The van der Waals surface area contributed by atoms with E-state index in [1.807, 2.05) is 18.7 Å². The fourth-order valence-electron chi connectivity index (χ4n) is 2.19. The van der Waals surface area contributed by atoms with Gasteiger partial charge in [0.2, 0.25) is 0 Å². The zero-order valence-electron chi connectivity index (χ0n) is 11.6. The van der Waals surface area contributed by atoms with Crippen molar-refractivity contribution in [2.45, 2.75) is 26.8 Å². The van der Waals surface area contributed by atoms with E-state index < -0.39 is 5.97 Å². The highest BCUT2D eigenvalue weighted by molar-refractivity contribution is 7.20. The normalized spacial score (nSPS) is 11.2. The van der Waals surface area contributed by atoms with E-state index in [-0.39, 0.29) is 17.5 Å². The Hall–Kier alpha value is -1.73. The maximum Gasteiger partial charge on any atom is 0.346 e. The van der Waals surface area contributed by atoms with Crippen molar-refractivity contribution in [2.24, 2.45) is 0 Å².